The lowest BCUT2D eigenvalue weighted by Crippen LogP contribution is -2.37. The summed E-state index contributed by atoms with van der Waals surface area (Å²) in [6.45, 7) is 16.4. The largest absolute Gasteiger partial charge is 0.516 e. The molecule has 0 saturated carbocycles. The van der Waals surface area contributed by atoms with Gasteiger partial charge >= 0.3 is 15.5 Å². The number of hydrogen-bond donors (Lipinski definition) is 2. The minimum absolute atomic E-state index is 0.0156. The zero-order valence-corrected chi connectivity index (χ0v) is 38.8. The normalized spacial score (nSPS) is 10.6. The van der Waals surface area contributed by atoms with Gasteiger partial charge in [0.15, 0.2) is 0 Å². The van der Waals surface area contributed by atoms with Gasteiger partial charge in [0.25, 0.3) is 0 Å². The second kappa shape index (κ2) is 27.4. The van der Waals surface area contributed by atoms with Crippen LogP contribution in [0.4, 0.5) is 30.2 Å². The van der Waals surface area contributed by atoms with Crippen LogP contribution in [-0.4, -0.2) is 92.3 Å². The van der Waals surface area contributed by atoms with E-state index in [0.717, 1.165) is 22.9 Å². The number of alkyl halides is 5. The Morgan fingerprint density at radius 1 is 0.730 bits per heavy atom. The number of likely N-dealkylation sites (N-methyl/N-ethyl adjacent to an activating group) is 1. The molecule has 63 heavy (non-hydrogen) atoms. The average molecular weight is 935 g/mol. The summed E-state index contributed by atoms with van der Waals surface area (Å²) in [5.41, 5.74) is -1.53. The number of hydrogen-bond acceptors (Lipinski definition) is 6. The van der Waals surface area contributed by atoms with Gasteiger partial charge in [-0.25, -0.2) is 0 Å². The van der Waals surface area contributed by atoms with E-state index >= 15 is 0 Å². The second-order valence-corrected chi connectivity index (χ2v) is 16.2. The summed E-state index contributed by atoms with van der Waals surface area (Å²) < 4.78 is 60.6. The molecule has 0 aliphatic carbocycles. The molecule has 4 aromatic carbocycles. The zero-order valence-electron chi connectivity index (χ0n) is 36.5. The molecule has 0 unspecified atom stereocenters. The predicted octanol–water partition coefficient (Wildman–Crippen LogP) is 9.52. The number of amides is 4. The number of aryl methyl sites for hydroxylation is 2. The first-order valence-corrected chi connectivity index (χ1v) is 21.9. The van der Waals surface area contributed by atoms with Crippen LogP contribution >= 0.6 is 23.2 Å². The van der Waals surface area contributed by atoms with Crippen molar-refractivity contribution in [2.75, 3.05) is 53.9 Å². The van der Waals surface area contributed by atoms with Crippen molar-refractivity contribution in [3.05, 3.63) is 151 Å². The highest BCUT2D eigenvalue weighted by Crippen LogP contribution is 2.30. The Labute approximate surface area is 379 Å². The van der Waals surface area contributed by atoms with E-state index in [0.29, 0.717) is 24.2 Å². The summed E-state index contributed by atoms with van der Waals surface area (Å²) in [4.78, 5) is 50.8. The van der Waals surface area contributed by atoms with Crippen molar-refractivity contribution in [3.8, 4) is 0 Å². The third-order valence-corrected chi connectivity index (χ3v) is 10.0. The summed E-state index contributed by atoms with van der Waals surface area (Å²) in [5, 5.41) is 2.41. The van der Waals surface area contributed by atoms with E-state index in [1.54, 1.807) is 47.9 Å². The zero-order chi connectivity index (χ0) is 47.9. The van der Waals surface area contributed by atoms with Crippen LogP contribution in [0.15, 0.2) is 128 Å². The lowest BCUT2D eigenvalue weighted by atomic mass is 9.90. The van der Waals surface area contributed by atoms with E-state index in [4.69, 9.17) is 23.2 Å². The lowest BCUT2D eigenvalue weighted by Gasteiger charge is -2.25. The van der Waals surface area contributed by atoms with E-state index in [1.165, 1.54) is 24.6 Å². The van der Waals surface area contributed by atoms with E-state index < -0.39 is 21.4 Å². The first-order chi connectivity index (χ1) is 29.6. The van der Waals surface area contributed by atoms with Gasteiger partial charge in [-0.05, 0) is 68.1 Å². The Bertz CT molecular complexity index is 2150. The van der Waals surface area contributed by atoms with Crippen LogP contribution in [0, 0.1) is 13.8 Å². The molecule has 4 amide bonds. The van der Waals surface area contributed by atoms with Crippen molar-refractivity contribution >= 4 is 73.9 Å². The summed E-state index contributed by atoms with van der Waals surface area (Å²) in [7, 11) is -1.91. The first kappa shape index (κ1) is 55.4. The van der Waals surface area contributed by atoms with E-state index in [1.807, 2.05) is 105 Å². The Morgan fingerprint density at radius 3 is 1.52 bits per heavy atom. The van der Waals surface area contributed by atoms with Gasteiger partial charge in [0.05, 0.1) is 11.6 Å². The number of nitrogens with one attached hydrogen (secondary N) is 2. The van der Waals surface area contributed by atoms with Crippen LogP contribution in [0.2, 0.25) is 0 Å². The molecule has 0 bridgehead atoms. The molecular formula is C46H56Cl2F3N5O6S. The highest BCUT2D eigenvalue weighted by Gasteiger charge is 2.46. The fourth-order valence-electron chi connectivity index (χ4n) is 5.57. The molecule has 0 radical (unpaired) electrons. The van der Waals surface area contributed by atoms with Gasteiger partial charge < -0.3 is 20.0 Å². The first-order valence-electron chi connectivity index (χ1n) is 19.3. The quantitative estimate of drug-likeness (QED) is 0.0956. The Hall–Kier alpha value is -5.64. The van der Waals surface area contributed by atoms with Gasteiger partial charge in [-0.2, -0.15) is 21.6 Å². The van der Waals surface area contributed by atoms with Crippen molar-refractivity contribution < 1.29 is 40.8 Å². The molecule has 0 aromatic heterocycles. The van der Waals surface area contributed by atoms with Gasteiger partial charge in [0.1, 0.15) is 11.8 Å². The molecule has 4 aromatic rings. The third kappa shape index (κ3) is 18.7. The highest BCUT2D eigenvalue weighted by atomic mass is 35.5. The van der Waals surface area contributed by atoms with Crippen LogP contribution in [-0.2, 0) is 29.2 Å². The topological polar surface area (TPSA) is 136 Å². The standard InChI is InChI=1S/C16H17NO.C11H14ClNO.C11H13F3N2O3S.C8H12ClNO/c1-17(2)16(18)15(13-9-5-3-6-10-13)14-11-7-4-8-12-14;1-9(2)13(11(14)8-12)10-6-4-3-5-7-10;1-6-4-7(2)10(5-9(6)15-8(3)17)16-20(18,19)11(12,13)14;1-3-5-10(6-4-2)8(11)7-9/h3-12,15H,1-2H3;3-7,9H,8H2,1-2H3;4-5,16H,1-3H3,(H,15,17);3-4H,1-2,5-7H2. The summed E-state index contributed by atoms with van der Waals surface area (Å²) in [6.07, 6.45) is 3.32. The van der Waals surface area contributed by atoms with Crippen molar-refractivity contribution in [1.82, 2.24) is 9.80 Å². The molecule has 0 saturated heterocycles. The molecule has 2 N–H and O–H groups in total. The molecule has 17 heteroatoms. The number of carbonyl (C=O) groups is 4. The number of rotatable bonds is 14. The maximum absolute atomic E-state index is 12.4. The number of carbonyl (C=O) groups excluding carboxylic acids is 4. The number of halogens is 5. The van der Waals surface area contributed by atoms with Crippen LogP contribution in [0.5, 0.6) is 0 Å². The number of sulfonamides is 1. The van der Waals surface area contributed by atoms with E-state index in [-0.39, 0.29) is 52.8 Å². The molecule has 0 fully saturated rings. The third-order valence-electron chi connectivity index (χ3n) is 8.48. The Balaban J connectivity index is 0.000000430. The molecule has 11 nitrogen and oxygen atoms in total. The maximum Gasteiger partial charge on any atom is 0.516 e. The fraction of sp³-hybridized carbons (Fsp3) is 0.304. The van der Waals surface area contributed by atoms with Gasteiger partial charge in [0.2, 0.25) is 23.6 Å². The minimum Gasteiger partial charge on any atom is -0.348 e. The summed E-state index contributed by atoms with van der Waals surface area (Å²) in [6, 6.07) is 32.1. The number of benzene rings is 4. The van der Waals surface area contributed by atoms with E-state index in [2.05, 4.69) is 18.5 Å². The molecule has 0 aliphatic heterocycles. The number of para-hydroxylation sites is 1. The smallest absolute Gasteiger partial charge is 0.348 e. The van der Waals surface area contributed by atoms with Crippen LogP contribution in [0.25, 0.3) is 0 Å². The van der Waals surface area contributed by atoms with Crippen molar-refractivity contribution in [2.24, 2.45) is 0 Å². The fourth-order valence-corrected chi connectivity index (χ4v) is 6.50. The lowest BCUT2D eigenvalue weighted by molar-refractivity contribution is -0.129. The highest BCUT2D eigenvalue weighted by molar-refractivity contribution is 7.93. The van der Waals surface area contributed by atoms with Crippen molar-refractivity contribution in [3.63, 3.8) is 0 Å². The van der Waals surface area contributed by atoms with Crippen molar-refractivity contribution in [2.45, 2.75) is 52.1 Å². The van der Waals surface area contributed by atoms with Gasteiger partial charge in [-0.1, -0.05) is 97.1 Å². The molecule has 0 aliphatic rings. The maximum atomic E-state index is 12.4. The molecule has 0 heterocycles. The van der Waals surface area contributed by atoms with Crippen LogP contribution in [0.1, 0.15) is 48.9 Å². The summed E-state index contributed by atoms with van der Waals surface area (Å²) >= 11 is 10.9. The van der Waals surface area contributed by atoms with Crippen molar-refractivity contribution in [1.29, 1.82) is 0 Å². The Kier molecular flexibility index (Phi) is 24.1. The van der Waals surface area contributed by atoms with Crippen LogP contribution in [0.3, 0.4) is 0 Å². The van der Waals surface area contributed by atoms with Gasteiger partial charge in [-0.15, -0.1) is 36.4 Å². The molecule has 0 spiro atoms. The number of nitrogens with zero attached hydrogens (tertiary/aromatic N) is 3. The molecule has 4 rings (SSSR count). The monoisotopic (exact) mass is 933 g/mol. The predicted molar refractivity (Wildman–Crippen MR) is 250 cm³/mol. The Morgan fingerprint density at radius 2 is 1.16 bits per heavy atom. The summed E-state index contributed by atoms with van der Waals surface area (Å²) in [5.74, 6) is -0.648. The SMILES string of the molecule is C=CCN(CC=C)C(=O)CCl.CC(=O)Nc1cc(NS(=O)(=O)C(F)(F)F)c(C)cc1C.CC(C)N(C(=O)CCl)c1ccccc1.CN(C)C(=O)C(c1ccccc1)c1ccccc1. The molecular weight excluding hydrogens is 879 g/mol. The second-order valence-electron chi connectivity index (χ2n) is 14.0. The average Bonchev–Trinajstić information content (AvgIpc) is 3.23. The molecule has 0 atom stereocenters. The van der Waals surface area contributed by atoms with Gasteiger partial charge in [0, 0.05) is 51.5 Å². The minimum atomic E-state index is -5.49. The number of anilines is 3. The van der Waals surface area contributed by atoms with Gasteiger partial charge in [-0.3, -0.25) is 23.9 Å². The molecule has 342 valence electrons. The van der Waals surface area contributed by atoms with E-state index in [9.17, 15) is 40.8 Å². The van der Waals surface area contributed by atoms with Crippen LogP contribution < -0.4 is 14.9 Å².